The lowest BCUT2D eigenvalue weighted by molar-refractivity contribution is -0.130. The molecule has 2 unspecified atom stereocenters. The van der Waals surface area contributed by atoms with Crippen molar-refractivity contribution in [2.45, 2.75) is 19.4 Å². The third kappa shape index (κ3) is 6.17. The smallest absolute Gasteiger partial charge is 0.292 e. The van der Waals surface area contributed by atoms with Crippen LogP contribution in [-0.4, -0.2) is 36.7 Å². The van der Waals surface area contributed by atoms with E-state index in [2.05, 4.69) is 15.0 Å². The molecule has 1 fully saturated rings. The van der Waals surface area contributed by atoms with Crippen molar-refractivity contribution in [1.29, 1.82) is 0 Å². The molecule has 8 nitrogen and oxygen atoms in total. The highest BCUT2D eigenvalue weighted by Gasteiger charge is 2.42. The highest BCUT2D eigenvalue weighted by molar-refractivity contribution is 5.84. The summed E-state index contributed by atoms with van der Waals surface area (Å²) in [5, 5.41) is 12.7. The van der Waals surface area contributed by atoms with Crippen molar-refractivity contribution in [1.82, 2.24) is 10.5 Å². The molecule has 3 N–H and O–H groups in total. The minimum absolute atomic E-state index is 0.136. The van der Waals surface area contributed by atoms with Crippen LogP contribution in [0.15, 0.2) is 48.5 Å². The number of hydroxylamine groups is 1. The van der Waals surface area contributed by atoms with E-state index in [1.54, 1.807) is 18.6 Å². The molecule has 0 aliphatic heterocycles. The molecule has 2 aromatic carbocycles. The molecule has 1 aromatic heterocycles. The zero-order chi connectivity index (χ0) is 23.8. The number of carbonyl (C=O) groups is 2. The molecule has 2 atom stereocenters. The highest BCUT2D eigenvalue weighted by Crippen LogP contribution is 2.41. The van der Waals surface area contributed by atoms with Gasteiger partial charge in [-0.1, -0.05) is 24.3 Å². The van der Waals surface area contributed by atoms with Crippen molar-refractivity contribution in [3.63, 3.8) is 0 Å². The van der Waals surface area contributed by atoms with Crippen molar-refractivity contribution in [2.75, 3.05) is 19.5 Å². The largest absolute Gasteiger partial charge is 0.486 e. The van der Waals surface area contributed by atoms with Crippen molar-refractivity contribution < 1.29 is 28.7 Å². The summed E-state index contributed by atoms with van der Waals surface area (Å²) < 4.78 is 24.2. The molecule has 0 radical (unpaired) electrons. The molecule has 4 rings (SSSR count). The van der Waals surface area contributed by atoms with Crippen LogP contribution in [0.2, 0.25) is 0 Å². The number of hydrogen-bond acceptors (Lipinski definition) is 7. The van der Waals surface area contributed by atoms with Crippen LogP contribution in [0.25, 0.3) is 10.9 Å². The Morgan fingerprint density at radius 1 is 1.27 bits per heavy atom. The van der Waals surface area contributed by atoms with Crippen molar-refractivity contribution in [3.05, 3.63) is 65.5 Å². The van der Waals surface area contributed by atoms with Crippen LogP contribution in [0.3, 0.4) is 0 Å². The van der Waals surface area contributed by atoms with E-state index in [9.17, 15) is 9.18 Å². The predicted molar refractivity (Wildman–Crippen MR) is 120 cm³/mol. The van der Waals surface area contributed by atoms with Gasteiger partial charge in [0.2, 0.25) is 5.91 Å². The first-order chi connectivity index (χ1) is 16.0. The average molecular weight is 455 g/mol. The Bertz CT molecular complexity index is 1120. The molecule has 0 spiro atoms. The van der Waals surface area contributed by atoms with Gasteiger partial charge in [-0.05, 0) is 48.6 Å². The van der Waals surface area contributed by atoms with E-state index < -0.39 is 5.82 Å². The lowest BCUT2D eigenvalue weighted by Gasteiger charge is -2.12. The number of ether oxygens (including phenoxy) is 2. The van der Waals surface area contributed by atoms with E-state index in [0.717, 1.165) is 27.8 Å². The van der Waals surface area contributed by atoms with Crippen molar-refractivity contribution in [2.24, 2.45) is 11.8 Å². The molecule has 1 aliphatic carbocycles. The Morgan fingerprint density at radius 3 is 2.70 bits per heavy atom. The van der Waals surface area contributed by atoms with Gasteiger partial charge in [-0.25, -0.2) is 14.9 Å². The number of rotatable bonds is 8. The number of para-hydroxylation sites is 1. The van der Waals surface area contributed by atoms with Crippen LogP contribution in [0.5, 0.6) is 5.75 Å². The van der Waals surface area contributed by atoms with Gasteiger partial charge < -0.3 is 14.8 Å². The molecule has 9 heteroatoms. The minimum atomic E-state index is -0.432. The molecule has 0 saturated heterocycles. The molecule has 1 aliphatic rings. The number of pyridine rings is 1. The van der Waals surface area contributed by atoms with E-state index >= 15 is 0 Å². The van der Waals surface area contributed by atoms with E-state index in [0.29, 0.717) is 19.3 Å². The number of anilines is 1. The molecule has 33 heavy (non-hydrogen) atoms. The quantitative estimate of drug-likeness (QED) is 0.271. The summed E-state index contributed by atoms with van der Waals surface area (Å²) in [6.07, 6.45) is 1.30. The number of nitrogens with one attached hydrogen (secondary N) is 2. The van der Waals surface area contributed by atoms with Crippen LogP contribution in [0, 0.1) is 17.7 Å². The number of halogens is 1. The van der Waals surface area contributed by atoms with E-state index in [4.69, 9.17) is 14.7 Å². The molecule has 0 bridgehead atoms. The van der Waals surface area contributed by atoms with Crippen LogP contribution >= 0.6 is 0 Å². The zero-order valence-electron chi connectivity index (χ0n) is 18.4. The number of carbonyl (C=O) groups excluding carboxylic acids is 2. The third-order valence-corrected chi connectivity index (χ3v) is 5.40. The molecule has 1 amide bonds. The van der Waals surface area contributed by atoms with Crippen LogP contribution in [0.4, 0.5) is 10.2 Å². The standard InChI is InChI=1S/C22H22FN3O3.C2H4O2/c1-24-21-11-15(16-4-2-3-5-19(16)25-21)12-29-20-7-6-13(9-18(20)23)8-14-10-17(14)22(27)26-28;1-4-2-3/h2-7,9,11,14,17,28H,8,10,12H2,1H3,(H,24,25)(H,26,27);2H,1H3. The SMILES string of the molecule is CNc1cc(COc2ccc(CC3CC3C(=O)NO)cc2F)c2ccccc2n1.COC=O. The van der Waals surface area contributed by atoms with Gasteiger partial charge in [0.25, 0.3) is 6.47 Å². The molecule has 1 saturated carbocycles. The maximum Gasteiger partial charge on any atom is 0.292 e. The molecule has 1 heterocycles. The second-order valence-corrected chi connectivity index (χ2v) is 7.60. The van der Waals surface area contributed by atoms with Gasteiger partial charge in [-0.3, -0.25) is 14.8 Å². The predicted octanol–water partition coefficient (Wildman–Crippen LogP) is 3.47. The fourth-order valence-electron chi connectivity index (χ4n) is 3.62. The van der Waals surface area contributed by atoms with Crippen molar-refractivity contribution in [3.8, 4) is 5.75 Å². The Balaban J connectivity index is 0.000000709. The lowest BCUT2D eigenvalue weighted by Crippen LogP contribution is -2.21. The molecular formula is C24H26FN3O5. The van der Waals surface area contributed by atoms with Gasteiger partial charge in [0.15, 0.2) is 11.6 Å². The number of benzene rings is 2. The highest BCUT2D eigenvalue weighted by atomic mass is 19.1. The van der Waals surface area contributed by atoms with Gasteiger partial charge in [0.1, 0.15) is 12.4 Å². The Morgan fingerprint density at radius 2 is 2.03 bits per heavy atom. The summed E-state index contributed by atoms with van der Waals surface area (Å²) in [6, 6.07) is 14.5. The summed E-state index contributed by atoms with van der Waals surface area (Å²) >= 11 is 0. The molecule has 174 valence electrons. The van der Waals surface area contributed by atoms with Crippen LogP contribution < -0.4 is 15.5 Å². The minimum Gasteiger partial charge on any atom is -0.486 e. The summed E-state index contributed by atoms with van der Waals surface area (Å²) in [4.78, 5) is 24.9. The van der Waals surface area contributed by atoms with Gasteiger partial charge in [0.05, 0.1) is 12.6 Å². The second-order valence-electron chi connectivity index (χ2n) is 7.60. The van der Waals surface area contributed by atoms with E-state index in [-0.39, 0.29) is 30.1 Å². The Hall–Kier alpha value is -3.72. The van der Waals surface area contributed by atoms with Crippen LogP contribution in [0.1, 0.15) is 17.5 Å². The normalized spacial score (nSPS) is 16.2. The summed E-state index contributed by atoms with van der Waals surface area (Å²) in [7, 11) is 3.11. The van der Waals surface area contributed by atoms with Crippen LogP contribution in [-0.2, 0) is 27.4 Å². The monoisotopic (exact) mass is 455 g/mol. The Labute approximate surface area is 190 Å². The lowest BCUT2D eigenvalue weighted by atomic mass is 10.1. The molecule has 3 aromatic rings. The van der Waals surface area contributed by atoms with Gasteiger partial charge in [-0.15, -0.1) is 0 Å². The first-order valence-corrected chi connectivity index (χ1v) is 10.4. The zero-order valence-corrected chi connectivity index (χ0v) is 18.4. The first-order valence-electron chi connectivity index (χ1n) is 10.4. The number of hydrogen-bond donors (Lipinski definition) is 3. The maximum absolute atomic E-state index is 14.5. The average Bonchev–Trinajstić information content (AvgIpc) is 3.61. The van der Waals surface area contributed by atoms with E-state index in [1.807, 2.05) is 36.4 Å². The summed E-state index contributed by atoms with van der Waals surface area (Å²) in [5.74, 6) is 0.0429. The first kappa shape index (κ1) is 23.9. The Kier molecular flexibility index (Phi) is 8.15. The fourth-order valence-corrected chi connectivity index (χ4v) is 3.62. The molecular weight excluding hydrogens is 429 g/mol. The number of nitrogens with zero attached hydrogens (tertiary/aromatic N) is 1. The van der Waals surface area contributed by atoms with Crippen molar-refractivity contribution >= 4 is 29.1 Å². The van der Waals surface area contributed by atoms with Gasteiger partial charge in [-0.2, -0.15) is 0 Å². The number of methoxy groups -OCH3 is 1. The van der Waals surface area contributed by atoms with Gasteiger partial charge in [0, 0.05) is 23.9 Å². The van der Waals surface area contributed by atoms with E-state index in [1.165, 1.54) is 13.2 Å². The van der Waals surface area contributed by atoms with Gasteiger partial charge >= 0.3 is 0 Å². The summed E-state index contributed by atoms with van der Waals surface area (Å²) in [6.45, 7) is 0.593. The maximum atomic E-state index is 14.5. The second kappa shape index (κ2) is 11.2. The third-order valence-electron chi connectivity index (χ3n) is 5.40. The number of aromatic nitrogens is 1. The fraction of sp³-hybridized carbons (Fsp3) is 0.292. The summed E-state index contributed by atoms with van der Waals surface area (Å²) in [5.41, 5.74) is 4.24. The topological polar surface area (TPSA) is 110 Å². The number of fused-ring (bicyclic) bond motifs is 1. The number of amides is 1.